The summed E-state index contributed by atoms with van der Waals surface area (Å²) in [6.07, 6.45) is 2.22. The predicted molar refractivity (Wildman–Crippen MR) is 121 cm³/mol. The van der Waals surface area contributed by atoms with Crippen LogP contribution in [0, 0.1) is 12.3 Å². The Morgan fingerprint density at radius 1 is 1.17 bits per heavy atom. The molecule has 0 aliphatic carbocycles. The molecular weight excluding hydrogens is 362 g/mol. The minimum absolute atomic E-state index is 0.0617. The third-order valence-electron chi connectivity index (χ3n) is 5.28. The van der Waals surface area contributed by atoms with E-state index in [0.717, 1.165) is 45.0 Å². The van der Waals surface area contributed by atoms with Gasteiger partial charge in [0.1, 0.15) is 0 Å². The van der Waals surface area contributed by atoms with Gasteiger partial charge in [0.25, 0.3) is 0 Å². The highest BCUT2D eigenvalue weighted by Gasteiger charge is 2.21. The summed E-state index contributed by atoms with van der Waals surface area (Å²) in [5.41, 5.74) is 2.43. The Morgan fingerprint density at radius 3 is 2.48 bits per heavy atom. The van der Waals surface area contributed by atoms with E-state index in [1.54, 1.807) is 0 Å². The van der Waals surface area contributed by atoms with Gasteiger partial charge in [-0.3, -0.25) is 14.7 Å². The van der Waals surface area contributed by atoms with Crippen molar-refractivity contribution < 1.29 is 4.79 Å². The molecule has 0 atom stereocenters. The SMILES string of the molecule is CCNC(=NCCNC(=O)C(C)(C)C)NC1CCN(Cc2ccccc2C)CC1. The second kappa shape index (κ2) is 11.2. The van der Waals surface area contributed by atoms with E-state index >= 15 is 0 Å². The van der Waals surface area contributed by atoms with Gasteiger partial charge in [0.2, 0.25) is 5.91 Å². The quantitative estimate of drug-likeness (QED) is 0.373. The lowest BCUT2D eigenvalue weighted by Gasteiger charge is -2.33. The molecule has 1 aliphatic heterocycles. The zero-order valence-corrected chi connectivity index (χ0v) is 18.8. The number of carbonyl (C=O) groups excluding carboxylic acids is 1. The van der Waals surface area contributed by atoms with E-state index in [1.807, 2.05) is 20.8 Å². The zero-order valence-electron chi connectivity index (χ0n) is 18.8. The number of aliphatic imine (C=N–C) groups is 1. The molecule has 0 bridgehead atoms. The van der Waals surface area contributed by atoms with Crippen molar-refractivity contribution in [2.45, 2.75) is 60.0 Å². The fraction of sp³-hybridized carbons (Fsp3) is 0.652. The van der Waals surface area contributed by atoms with Crippen LogP contribution in [0.3, 0.4) is 0 Å². The first-order valence-electron chi connectivity index (χ1n) is 10.9. The first-order chi connectivity index (χ1) is 13.8. The van der Waals surface area contributed by atoms with Crippen molar-refractivity contribution in [2.24, 2.45) is 10.4 Å². The van der Waals surface area contributed by atoms with Crippen molar-refractivity contribution in [3.8, 4) is 0 Å². The highest BCUT2D eigenvalue weighted by Crippen LogP contribution is 2.16. The number of carbonyl (C=O) groups is 1. The summed E-state index contributed by atoms with van der Waals surface area (Å²) in [4.78, 5) is 19.1. The molecule has 1 aromatic carbocycles. The molecule has 162 valence electrons. The summed E-state index contributed by atoms with van der Waals surface area (Å²) in [6.45, 7) is 15.2. The van der Waals surface area contributed by atoms with Gasteiger partial charge in [-0.1, -0.05) is 45.0 Å². The topological polar surface area (TPSA) is 68.8 Å². The van der Waals surface area contributed by atoms with E-state index < -0.39 is 0 Å². The predicted octanol–water partition coefficient (Wildman–Crippen LogP) is 2.68. The first-order valence-corrected chi connectivity index (χ1v) is 10.9. The molecule has 1 saturated heterocycles. The molecule has 6 heteroatoms. The number of benzene rings is 1. The van der Waals surface area contributed by atoms with Crippen molar-refractivity contribution in [3.63, 3.8) is 0 Å². The van der Waals surface area contributed by atoms with Crippen LogP contribution < -0.4 is 16.0 Å². The summed E-state index contributed by atoms with van der Waals surface area (Å²) in [6, 6.07) is 9.08. The van der Waals surface area contributed by atoms with Crippen LogP contribution >= 0.6 is 0 Å². The monoisotopic (exact) mass is 401 g/mol. The van der Waals surface area contributed by atoms with E-state index in [-0.39, 0.29) is 11.3 Å². The maximum Gasteiger partial charge on any atom is 0.225 e. The van der Waals surface area contributed by atoms with Crippen LogP contribution in [0.4, 0.5) is 0 Å². The standard InChI is InChI=1S/C23H39N5O/c1-6-24-22(26-14-13-25-21(29)23(3,4)5)27-20-11-15-28(16-12-20)17-19-10-8-7-9-18(19)2/h7-10,20H,6,11-17H2,1-5H3,(H,25,29)(H2,24,26,27). The highest BCUT2D eigenvalue weighted by atomic mass is 16.2. The lowest BCUT2D eigenvalue weighted by atomic mass is 9.96. The number of guanidine groups is 1. The fourth-order valence-corrected chi connectivity index (χ4v) is 3.38. The van der Waals surface area contributed by atoms with Crippen molar-refractivity contribution in [1.29, 1.82) is 0 Å². The van der Waals surface area contributed by atoms with Crippen molar-refractivity contribution in [3.05, 3.63) is 35.4 Å². The Labute approximate surface area is 176 Å². The number of likely N-dealkylation sites (tertiary alicyclic amines) is 1. The first kappa shape index (κ1) is 23.2. The van der Waals surface area contributed by atoms with Crippen LogP contribution in [0.5, 0.6) is 0 Å². The number of hydrogen-bond donors (Lipinski definition) is 3. The largest absolute Gasteiger partial charge is 0.357 e. The van der Waals surface area contributed by atoms with Crippen LogP contribution in [0.2, 0.25) is 0 Å². The van der Waals surface area contributed by atoms with Gasteiger partial charge in [0.15, 0.2) is 5.96 Å². The van der Waals surface area contributed by atoms with Gasteiger partial charge < -0.3 is 16.0 Å². The summed E-state index contributed by atoms with van der Waals surface area (Å²) < 4.78 is 0. The Balaban J connectivity index is 1.76. The molecule has 0 aromatic heterocycles. The van der Waals surface area contributed by atoms with Crippen LogP contribution in [-0.4, -0.2) is 55.5 Å². The maximum atomic E-state index is 11.9. The van der Waals surface area contributed by atoms with E-state index in [1.165, 1.54) is 11.1 Å². The van der Waals surface area contributed by atoms with Crippen molar-refractivity contribution >= 4 is 11.9 Å². The third-order valence-corrected chi connectivity index (χ3v) is 5.28. The molecule has 0 saturated carbocycles. The maximum absolute atomic E-state index is 11.9. The third kappa shape index (κ3) is 8.05. The van der Waals surface area contributed by atoms with Gasteiger partial charge in [0, 0.05) is 44.2 Å². The average Bonchev–Trinajstić information content (AvgIpc) is 2.67. The number of nitrogens with one attached hydrogen (secondary N) is 3. The molecule has 3 N–H and O–H groups in total. The second-order valence-corrected chi connectivity index (χ2v) is 8.89. The Hall–Kier alpha value is -2.08. The fourth-order valence-electron chi connectivity index (χ4n) is 3.38. The molecule has 0 radical (unpaired) electrons. The van der Waals surface area contributed by atoms with E-state index in [4.69, 9.17) is 0 Å². The molecule has 6 nitrogen and oxygen atoms in total. The number of amides is 1. The molecule has 29 heavy (non-hydrogen) atoms. The number of rotatable bonds is 7. The minimum Gasteiger partial charge on any atom is -0.357 e. The number of nitrogens with zero attached hydrogens (tertiary/aromatic N) is 2. The molecule has 0 unspecified atom stereocenters. The lowest BCUT2D eigenvalue weighted by molar-refractivity contribution is -0.128. The van der Waals surface area contributed by atoms with Gasteiger partial charge in [0.05, 0.1) is 6.54 Å². The van der Waals surface area contributed by atoms with Gasteiger partial charge in [-0.2, -0.15) is 0 Å². The Kier molecular flexibility index (Phi) is 8.96. The molecular formula is C23H39N5O. The molecule has 1 heterocycles. The van der Waals surface area contributed by atoms with Crippen LogP contribution in [0.1, 0.15) is 51.7 Å². The van der Waals surface area contributed by atoms with Crippen molar-refractivity contribution in [1.82, 2.24) is 20.9 Å². The second-order valence-electron chi connectivity index (χ2n) is 8.89. The zero-order chi connectivity index (χ0) is 21.3. The lowest BCUT2D eigenvalue weighted by Crippen LogP contribution is -2.48. The van der Waals surface area contributed by atoms with Gasteiger partial charge >= 0.3 is 0 Å². The smallest absolute Gasteiger partial charge is 0.225 e. The summed E-state index contributed by atoms with van der Waals surface area (Å²) in [5, 5.41) is 9.84. The van der Waals surface area contributed by atoms with Crippen LogP contribution in [0.25, 0.3) is 0 Å². The molecule has 0 spiro atoms. The average molecular weight is 402 g/mol. The minimum atomic E-state index is -0.362. The normalized spacial score (nSPS) is 16.5. The van der Waals surface area contributed by atoms with E-state index in [2.05, 4.69) is 64.0 Å². The molecule has 2 rings (SSSR count). The Morgan fingerprint density at radius 2 is 1.86 bits per heavy atom. The van der Waals surface area contributed by atoms with Gasteiger partial charge in [-0.05, 0) is 37.8 Å². The van der Waals surface area contributed by atoms with Crippen LogP contribution in [0.15, 0.2) is 29.3 Å². The van der Waals surface area contributed by atoms with Gasteiger partial charge in [-0.15, -0.1) is 0 Å². The van der Waals surface area contributed by atoms with E-state index in [0.29, 0.717) is 19.1 Å². The molecule has 1 fully saturated rings. The highest BCUT2D eigenvalue weighted by molar-refractivity contribution is 5.81. The number of hydrogen-bond acceptors (Lipinski definition) is 3. The number of piperidine rings is 1. The van der Waals surface area contributed by atoms with E-state index in [9.17, 15) is 4.79 Å². The summed E-state index contributed by atoms with van der Waals surface area (Å²) in [5.74, 6) is 0.904. The number of aryl methyl sites for hydroxylation is 1. The van der Waals surface area contributed by atoms with Crippen molar-refractivity contribution in [2.75, 3.05) is 32.7 Å². The summed E-state index contributed by atoms with van der Waals surface area (Å²) in [7, 11) is 0. The Bertz CT molecular complexity index is 672. The molecule has 1 aromatic rings. The molecule has 1 amide bonds. The van der Waals surface area contributed by atoms with Gasteiger partial charge in [-0.25, -0.2) is 0 Å². The van der Waals surface area contributed by atoms with Crippen LogP contribution in [-0.2, 0) is 11.3 Å². The summed E-state index contributed by atoms with van der Waals surface area (Å²) >= 11 is 0. The molecule has 1 aliphatic rings.